The van der Waals surface area contributed by atoms with E-state index in [2.05, 4.69) is 10.6 Å². The number of aliphatic carboxylic acids is 1. The van der Waals surface area contributed by atoms with Crippen LogP contribution in [-0.4, -0.2) is 17.1 Å². The smallest absolute Gasteiger partial charge is 0.330 e. The SMILES string of the molecule is O=C(Nc1ccccc1F)N[C@H](C(=O)O)c1ccccc1. The van der Waals surface area contributed by atoms with Gasteiger partial charge in [-0.2, -0.15) is 0 Å². The lowest BCUT2D eigenvalue weighted by Crippen LogP contribution is -2.36. The second-order valence-corrected chi connectivity index (χ2v) is 4.26. The molecule has 2 amide bonds. The number of carboxylic acid groups (broad SMARTS) is 1. The summed E-state index contributed by atoms with van der Waals surface area (Å²) in [5.74, 6) is -1.80. The number of urea groups is 1. The van der Waals surface area contributed by atoms with E-state index in [1.807, 2.05) is 0 Å². The summed E-state index contributed by atoms with van der Waals surface area (Å²) in [6.07, 6.45) is 0. The molecule has 0 saturated heterocycles. The number of carboxylic acids is 1. The lowest BCUT2D eigenvalue weighted by molar-refractivity contribution is -0.139. The van der Waals surface area contributed by atoms with Crippen LogP contribution in [0.3, 0.4) is 0 Å². The fourth-order valence-electron chi connectivity index (χ4n) is 1.79. The molecular formula is C15H13FN2O3. The molecule has 0 aliphatic carbocycles. The van der Waals surface area contributed by atoms with Gasteiger partial charge in [-0.05, 0) is 17.7 Å². The molecular weight excluding hydrogens is 275 g/mol. The minimum absolute atomic E-state index is 0.0211. The fraction of sp³-hybridized carbons (Fsp3) is 0.0667. The van der Waals surface area contributed by atoms with Gasteiger partial charge in [0.25, 0.3) is 0 Å². The summed E-state index contributed by atoms with van der Waals surface area (Å²) in [7, 11) is 0. The highest BCUT2D eigenvalue weighted by Gasteiger charge is 2.22. The van der Waals surface area contributed by atoms with Crippen molar-refractivity contribution in [1.82, 2.24) is 5.32 Å². The van der Waals surface area contributed by atoms with Crippen molar-refractivity contribution < 1.29 is 19.1 Å². The Hall–Kier alpha value is -2.89. The van der Waals surface area contributed by atoms with Gasteiger partial charge < -0.3 is 15.7 Å². The Labute approximate surface area is 120 Å². The molecule has 6 heteroatoms. The molecule has 2 rings (SSSR count). The first-order valence-corrected chi connectivity index (χ1v) is 6.17. The Kier molecular flexibility index (Phi) is 4.50. The monoisotopic (exact) mass is 288 g/mol. The maximum absolute atomic E-state index is 13.4. The fourth-order valence-corrected chi connectivity index (χ4v) is 1.79. The van der Waals surface area contributed by atoms with Gasteiger partial charge in [-0.25, -0.2) is 14.0 Å². The van der Waals surface area contributed by atoms with Crippen molar-refractivity contribution in [3.63, 3.8) is 0 Å². The first-order valence-electron chi connectivity index (χ1n) is 6.17. The van der Waals surface area contributed by atoms with Crippen molar-refractivity contribution in [3.8, 4) is 0 Å². The Morgan fingerprint density at radius 2 is 1.62 bits per heavy atom. The number of carbonyl (C=O) groups excluding carboxylic acids is 1. The molecule has 5 nitrogen and oxygen atoms in total. The number of hydrogen-bond donors (Lipinski definition) is 3. The van der Waals surface area contributed by atoms with Gasteiger partial charge in [-0.3, -0.25) is 0 Å². The maximum atomic E-state index is 13.4. The molecule has 0 aliphatic heterocycles. The van der Waals surface area contributed by atoms with Crippen LogP contribution in [0.5, 0.6) is 0 Å². The van der Waals surface area contributed by atoms with Crippen LogP contribution < -0.4 is 10.6 Å². The molecule has 3 N–H and O–H groups in total. The second-order valence-electron chi connectivity index (χ2n) is 4.26. The van der Waals surface area contributed by atoms with Crippen LogP contribution in [0.1, 0.15) is 11.6 Å². The molecule has 0 heterocycles. The van der Waals surface area contributed by atoms with Crippen molar-refractivity contribution in [2.75, 3.05) is 5.32 Å². The second kappa shape index (κ2) is 6.51. The minimum Gasteiger partial charge on any atom is -0.479 e. The Morgan fingerprint density at radius 3 is 2.24 bits per heavy atom. The first-order chi connectivity index (χ1) is 10.1. The molecule has 108 valence electrons. The molecule has 0 radical (unpaired) electrons. The average molecular weight is 288 g/mol. The number of nitrogens with one attached hydrogen (secondary N) is 2. The van der Waals surface area contributed by atoms with E-state index in [1.165, 1.54) is 18.2 Å². The standard InChI is InChI=1S/C15H13FN2O3/c16-11-8-4-5-9-12(11)17-15(21)18-13(14(19)20)10-6-2-1-3-7-10/h1-9,13H,(H,19,20)(H2,17,18,21)/t13-/m0/s1. The molecule has 0 fully saturated rings. The normalized spacial score (nSPS) is 11.5. The zero-order valence-corrected chi connectivity index (χ0v) is 10.9. The Bertz CT molecular complexity index is 646. The largest absolute Gasteiger partial charge is 0.479 e. The average Bonchev–Trinajstić information content (AvgIpc) is 2.48. The molecule has 21 heavy (non-hydrogen) atoms. The first kappa shape index (κ1) is 14.5. The summed E-state index contributed by atoms with van der Waals surface area (Å²) in [5.41, 5.74) is 0.404. The number of para-hydroxylation sites is 1. The molecule has 2 aromatic rings. The van der Waals surface area contributed by atoms with E-state index in [-0.39, 0.29) is 5.69 Å². The quantitative estimate of drug-likeness (QED) is 0.809. The maximum Gasteiger partial charge on any atom is 0.330 e. The van der Waals surface area contributed by atoms with Crippen molar-refractivity contribution in [2.45, 2.75) is 6.04 Å². The van der Waals surface area contributed by atoms with Crippen LogP contribution in [0, 0.1) is 5.82 Å². The van der Waals surface area contributed by atoms with Gasteiger partial charge in [0.15, 0.2) is 6.04 Å². The minimum atomic E-state index is -1.21. The zero-order valence-electron chi connectivity index (χ0n) is 10.9. The molecule has 0 bridgehead atoms. The van der Waals surface area contributed by atoms with E-state index < -0.39 is 23.9 Å². The number of rotatable bonds is 4. The molecule has 0 aliphatic rings. The van der Waals surface area contributed by atoms with Gasteiger partial charge in [-0.1, -0.05) is 42.5 Å². The number of anilines is 1. The predicted octanol–water partition coefficient (Wildman–Crippen LogP) is 2.77. The summed E-state index contributed by atoms with van der Waals surface area (Å²) >= 11 is 0. The molecule has 0 aromatic heterocycles. The van der Waals surface area contributed by atoms with Gasteiger partial charge in [-0.15, -0.1) is 0 Å². The Balaban J connectivity index is 2.10. The van der Waals surface area contributed by atoms with Crippen LogP contribution in [0.4, 0.5) is 14.9 Å². The van der Waals surface area contributed by atoms with Gasteiger partial charge in [0.1, 0.15) is 5.82 Å². The van der Waals surface area contributed by atoms with Crippen LogP contribution >= 0.6 is 0 Å². The van der Waals surface area contributed by atoms with Gasteiger partial charge >= 0.3 is 12.0 Å². The highest BCUT2D eigenvalue weighted by molar-refractivity contribution is 5.92. The molecule has 1 atom stereocenters. The number of hydrogen-bond acceptors (Lipinski definition) is 2. The zero-order chi connectivity index (χ0) is 15.2. The van der Waals surface area contributed by atoms with E-state index in [0.717, 1.165) is 0 Å². The van der Waals surface area contributed by atoms with E-state index in [4.69, 9.17) is 0 Å². The number of amides is 2. The van der Waals surface area contributed by atoms with Crippen LogP contribution in [-0.2, 0) is 4.79 Å². The summed E-state index contributed by atoms with van der Waals surface area (Å²) in [4.78, 5) is 23.0. The van der Waals surface area contributed by atoms with Crippen molar-refractivity contribution in [2.24, 2.45) is 0 Å². The van der Waals surface area contributed by atoms with Crippen LogP contribution in [0.2, 0.25) is 0 Å². The third-order valence-corrected chi connectivity index (χ3v) is 2.78. The number of benzene rings is 2. The van der Waals surface area contributed by atoms with Gasteiger partial charge in [0.05, 0.1) is 5.69 Å². The Morgan fingerprint density at radius 1 is 1.00 bits per heavy atom. The van der Waals surface area contributed by atoms with E-state index >= 15 is 0 Å². The van der Waals surface area contributed by atoms with Crippen molar-refractivity contribution in [1.29, 1.82) is 0 Å². The summed E-state index contributed by atoms with van der Waals surface area (Å²) < 4.78 is 13.4. The number of carbonyl (C=O) groups is 2. The molecule has 0 unspecified atom stereocenters. The van der Waals surface area contributed by atoms with Gasteiger partial charge in [0, 0.05) is 0 Å². The summed E-state index contributed by atoms with van der Waals surface area (Å²) in [5, 5.41) is 13.7. The lowest BCUT2D eigenvalue weighted by Gasteiger charge is -2.15. The highest BCUT2D eigenvalue weighted by Crippen LogP contribution is 2.15. The number of halogens is 1. The van der Waals surface area contributed by atoms with Crippen LogP contribution in [0.15, 0.2) is 54.6 Å². The van der Waals surface area contributed by atoms with Gasteiger partial charge in [0.2, 0.25) is 0 Å². The highest BCUT2D eigenvalue weighted by atomic mass is 19.1. The third-order valence-electron chi connectivity index (χ3n) is 2.78. The molecule has 0 saturated carbocycles. The van der Waals surface area contributed by atoms with E-state index in [1.54, 1.807) is 36.4 Å². The predicted molar refractivity (Wildman–Crippen MR) is 75.4 cm³/mol. The topological polar surface area (TPSA) is 78.4 Å². The van der Waals surface area contributed by atoms with Crippen molar-refractivity contribution >= 4 is 17.7 Å². The summed E-state index contributed by atoms with van der Waals surface area (Å²) in [6, 6.07) is 11.9. The van der Waals surface area contributed by atoms with E-state index in [0.29, 0.717) is 5.56 Å². The van der Waals surface area contributed by atoms with E-state index in [9.17, 15) is 19.1 Å². The lowest BCUT2D eigenvalue weighted by atomic mass is 10.1. The third kappa shape index (κ3) is 3.79. The van der Waals surface area contributed by atoms with Crippen molar-refractivity contribution in [3.05, 3.63) is 66.0 Å². The molecule has 0 spiro atoms. The van der Waals surface area contributed by atoms with Crippen LogP contribution in [0.25, 0.3) is 0 Å². The summed E-state index contributed by atoms with van der Waals surface area (Å²) in [6.45, 7) is 0. The molecule has 2 aromatic carbocycles.